The molecule has 0 spiro atoms. The van der Waals surface area contributed by atoms with Crippen LogP contribution in [0, 0.1) is 6.92 Å². The van der Waals surface area contributed by atoms with E-state index in [2.05, 4.69) is 22.2 Å². The predicted octanol–water partition coefficient (Wildman–Crippen LogP) is 1.37. The number of nitrogens with zero attached hydrogens (tertiary/aromatic N) is 2. The molecule has 1 aromatic heterocycles. The zero-order chi connectivity index (χ0) is 12.0. The van der Waals surface area contributed by atoms with E-state index in [4.69, 9.17) is 9.84 Å². The lowest BCUT2D eigenvalue weighted by Gasteiger charge is -2.14. The molecule has 0 saturated carbocycles. The van der Waals surface area contributed by atoms with Crippen LogP contribution in [-0.2, 0) is 0 Å². The second-order valence-electron chi connectivity index (χ2n) is 3.75. The van der Waals surface area contributed by atoms with Crippen molar-refractivity contribution in [3.8, 4) is 5.88 Å². The topological polar surface area (TPSA) is 67.3 Å². The van der Waals surface area contributed by atoms with Crippen molar-refractivity contribution >= 4 is 5.82 Å². The summed E-state index contributed by atoms with van der Waals surface area (Å²) < 4.78 is 5.07. The largest absolute Gasteiger partial charge is 0.481 e. The van der Waals surface area contributed by atoms with Crippen LogP contribution in [0.2, 0.25) is 0 Å². The van der Waals surface area contributed by atoms with Crippen LogP contribution >= 0.6 is 0 Å². The number of nitrogens with one attached hydrogen (secondary N) is 1. The second kappa shape index (κ2) is 6.27. The standard InChI is InChI=1S/C11H19N3O2/c1-8(5-4-6-15)12-10-7-11(16-3)14-9(2)13-10/h7-8,15H,4-6H2,1-3H3,(H,12,13,14). The number of methoxy groups -OCH3 is 1. The molecule has 0 bridgehead atoms. The zero-order valence-corrected chi connectivity index (χ0v) is 10.0. The molecule has 1 aromatic rings. The zero-order valence-electron chi connectivity index (χ0n) is 10.0. The number of hydrogen-bond acceptors (Lipinski definition) is 5. The summed E-state index contributed by atoms with van der Waals surface area (Å²) in [5, 5.41) is 12.0. The summed E-state index contributed by atoms with van der Waals surface area (Å²) in [5.41, 5.74) is 0. The van der Waals surface area contributed by atoms with Crippen LogP contribution in [0.4, 0.5) is 5.82 Å². The highest BCUT2D eigenvalue weighted by atomic mass is 16.5. The van der Waals surface area contributed by atoms with E-state index in [9.17, 15) is 0 Å². The van der Waals surface area contributed by atoms with E-state index >= 15 is 0 Å². The number of anilines is 1. The Kier molecular flexibility index (Phi) is 4.98. The maximum Gasteiger partial charge on any atom is 0.218 e. The molecule has 0 amide bonds. The first-order chi connectivity index (χ1) is 7.65. The molecule has 1 atom stereocenters. The molecule has 16 heavy (non-hydrogen) atoms. The Labute approximate surface area is 95.9 Å². The van der Waals surface area contributed by atoms with Crippen LogP contribution in [0.15, 0.2) is 6.07 Å². The van der Waals surface area contributed by atoms with Crippen LogP contribution < -0.4 is 10.1 Å². The minimum absolute atomic E-state index is 0.220. The summed E-state index contributed by atoms with van der Waals surface area (Å²) in [5.74, 6) is 2.00. The van der Waals surface area contributed by atoms with Crippen molar-refractivity contribution in [3.63, 3.8) is 0 Å². The first-order valence-electron chi connectivity index (χ1n) is 5.42. The van der Waals surface area contributed by atoms with Crippen molar-refractivity contribution < 1.29 is 9.84 Å². The lowest BCUT2D eigenvalue weighted by atomic mass is 10.2. The molecule has 1 rings (SSSR count). The van der Waals surface area contributed by atoms with Crippen LogP contribution in [0.25, 0.3) is 0 Å². The SMILES string of the molecule is COc1cc(NC(C)CCCO)nc(C)n1. The molecule has 5 nitrogen and oxygen atoms in total. The normalized spacial score (nSPS) is 12.2. The van der Waals surface area contributed by atoms with Crippen molar-refractivity contribution in [2.45, 2.75) is 32.7 Å². The molecule has 0 fully saturated rings. The van der Waals surface area contributed by atoms with Gasteiger partial charge in [0, 0.05) is 18.7 Å². The van der Waals surface area contributed by atoms with Gasteiger partial charge < -0.3 is 15.2 Å². The van der Waals surface area contributed by atoms with Crippen molar-refractivity contribution in [1.29, 1.82) is 0 Å². The summed E-state index contributed by atoms with van der Waals surface area (Å²) in [6.07, 6.45) is 1.69. The third-order valence-electron chi connectivity index (χ3n) is 2.21. The fourth-order valence-electron chi connectivity index (χ4n) is 1.44. The Hall–Kier alpha value is -1.36. The first-order valence-corrected chi connectivity index (χ1v) is 5.42. The molecule has 0 aromatic carbocycles. The smallest absolute Gasteiger partial charge is 0.218 e. The van der Waals surface area contributed by atoms with Gasteiger partial charge in [0.15, 0.2) is 0 Å². The van der Waals surface area contributed by atoms with E-state index in [1.54, 1.807) is 13.2 Å². The summed E-state index contributed by atoms with van der Waals surface area (Å²) in [4.78, 5) is 8.37. The van der Waals surface area contributed by atoms with Crippen molar-refractivity contribution in [3.05, 3.63) is 11.9 Å². The minimum atomic E-state index is 0.220. The molecule has 5 heteroatoms. The van der Waals surface area contributed by atoms with Crippen molar-refractivity contribution in [2.75, 3.05) is 19.0 Å². The highest BCUT2D eigenvalue weighted by Gasteiger charge is 2.05. The van der Waals surface area contributed by atoms with E-state index < -0.39 is 0 Å². The van der Waals surface area contributed by atoms with Crippen molar-refractivity contribution in [1.82, 2.24) is 9.97 Å². The Morgan fingerprint density at radius 2 is 2.25 bits per heavy atom. The maximum atomic E-state index is 8.73. The van der Waals surface area contributed by atoms with Gasteiger partial charge >= 0.3 is 0 Å². The number of ether oxygens (including phenoxy) is 1. The van der Waals surface area contributed by atoms with Gasteiger partial charge in [-0.1, -0.05) is 0 Å². The molecular formula is C11H19N3O2. The van der Waals surface area contributed by atoms with Crippen molar-refractivity contribution in [2.24, 2.45) is 0 Å². The van der Waals surface area contributed by atoms with Gasteiger partial charge in [-0.3, -0.25) is 0 Å². The Bertz CT molecular complexity index is 331. The molecule has 0 aliphatic carbocycles. The van der Waals surface area contributed by atoms with E-state index in [0.717, 1.165) is 18.7 Å². The van der Waals surface area contributed by atoms with Gasteiger partial charge in [0.2, 0.25) is 5.88 Å². The van der Waals surface area contributed by atoms with Gasteiger partial charge in [-0.05, 0) is 26.7 Å². The predicted molar refractivity (Wildman–Crippen MR) is 62.7 cm³/mol. The second-order valence-corrected chi connectivity index (χ2v) is 3.75. The Balaban J connectivity index is 2.61. The average Bonchev–Trinajstić information content (AvgIpc) is 2.25. The van der Waals surface area contributed by atoms with Crippen LogP contribution in [0.1, 0.15) is 25.6 Å². The third kappa shape index (κ3) is 4.02. The van der Waals surface area contributed by atoms with Crippen LogP contribution in [-0.4, -0.2) is 34.8 Å². The van der Waals surface area contributed by atoms with Crippen LogP contribution in [0.3, 0.4) is 0 Å². The molecule has 0 radical (unpaired) electrons. The van der Waals surface area contributed by atoms with Gasteiger partial charge in [0.1, 0.15) is 11.6 Å². The Morgan fingerprint density at radius 3 is 2.88 bits per heavy atom. The summed E-state index contributed by atoms with van der Waals surface area (Å²) >= 11 is 0. The van der Waals surface area contributed by atoms with Gasteiger partial charge in [-0.15, -0.1) is 0 Å². The van der Waals surface area contributed by atoms with Crippen LogP contribution in [0.5, 0.6) is 5.88 Å². The number of rotatable bonds is 6. The van der Waals surface area contributed by atoms with E-state index in [0.29, 0.717) is 11.7 Å². The molecule has 0 aliphatic heterocycles. The van der Waals surface area contributed by atoms with E-state index in [1.807, 2.05) is 6.92 Å². The number of aliphatic hydroxyl groups excluding tert-OH is 1. The Morgan fingerprint density at radius 1 is 1.50 bits per heavy atom. The summed E-state index contributed by atoms with van der Waals surface area (Å²) in [6, 6.07) is 2.04. The maximum absolute atomic E-state index is 8.73. The lowest BCUT2D eigenvalue weighted by molar-refractivity contribution is 0.282. The third-order valence-corrected chi connectivity index (χ3v) is 2.21. The van der Waals surface area contributed by atoms with E-state index in [-0.39, 0.29) is 12.6 Å². The summed E-state index contributed by atoms with van der Waals surface area (Å²) in [6.45, 7) is 4.10. The lowest BCUT2D eigenvalue weighted by Crippen LogP contribution is -2.17. The quantitative estimate of drug-likeness (QED) is 0.765. The molecule has 0 saturated heterocycles. The highest BCUT2D eigenvalue weighted by molar-refractivity contribution is 5.39. The molecule has 1 unspecified atom stereocenters. The van der Waals surface area contributed by atoms with Gasteiger partial charge in [0.25, 0.3) is 0 Å². The molecular weight excluding hydrogens is 206 g/mol. The number of aliphatic hydroxyl groups is 1. The average molecular weight is 225 g/mol. The van der Waals surface area contributed by atoms with E-state index in [1.165, 1.54) is 0 Å². The minimum Gasteiger partial charge on any atom is -0.481 e. The first kappa shape index (κ1) is 12.7. The van der Waals surface area contributed by atoms with Gasteiger partial charge in [-0.2, -0.15) is 4.98 Å². The molecule has 1 heterocycles. The highest BCUT2D eigenvalue weighted by Crippen LogP contribution is 2.14. The monoisotopic (exact) mass is 225 g/mol. The molecule has 2 N–H and O–H groups in total. The van der Waals surface area contributed by atoms with Gasteiger partial charge in [0.05, 0.1) is 7.11 Å². The fraction of sp³-hybridized carbons (Fsp3) is 0.636. The number of hydrogen-bond donors (Lipinski definition) is 2. The van der Waals surface area contributed by atoms with Gasteiger partial charge in [-0.25, -0.2) is 4.98 Å². The summed E-state index contributed by atoms with van der Waals surface area (Å²) in [7, 11) is 1.58. The number of aromatic nitrogens is 2. The molecule has 90 valence electrons. The number of aryl methyl sites for hydroxylation is 1. The molecule has 0 aliphatic rings. The fourth-order valence-corrected chi connectivity index (χ4v) is 1.44.